The van der Waals surface area contributed by atoms with Gasteiger partial charge in [-0.15, -0.1) is 0 Å². The van der Waals surface area contributed by atoms with Gasteiger partial charge < -0.3 is 15.5 Å². The van der Waals surface area contributed by atoms with Crippen LogP contribution in [0.2, 0.25) is 0 Å². The summed E-state index contributed by atoms with van der Waals surface area (Å²) in [6, 6.07) is 17.8. The maximum absolute atomic E-state index is 11.5. The molecule has 2 N–H and O–H groups in total. The summed E-state index contributed by atoms with van der Waals surface area (Å²) in [6.07, 6.45) is 7.06. The Morgan fingerprint density at radius 3 is 2.45 bits per heavy atom. The second kappa shape index (κ2) is 7.91. The first-order chi connectivity index (χ1) is 14.3. The molecule has 1 saturated heterocycles. The molecular formula is C24H28N4O. The number of nitrogens with one attached hydrogen (secondary N) is 2. The van der Waals surface area contributed by atoms with Crippen molar-refractivity contribution in [3.05, 3.63) is 71.8 Å². The van der Waals surface area contributed by atoms with Gasteiger partial charge in [0.2, 0.25) is 0 Å². The van der Waals surface area contributed by atoms with Gasteiger partial charge in [0, 0.05) is 50.1 Å². The molecule has 2 amide bonds. The first-order valence-corrected chi connectivity index (χ1v) is 10.6. The van der Waals surface area contributed by atoms with Gasteiger partial charge in [-0.3, -0.25) is 4.90 Å². The van der Waals surface area contributed by atoms with Crippen LogP contribution in [0, 0.1) is 5.92 Å². The average Bonchev–Trinajstić information content (AvgIpc) is 3.29. The third-order valence-corrected chi connectivity index (χ3v) is 6.48. The van der Waals surface area contributed by atoms with E-state index in [1.807, 2.05) is 6.07 Å². The van der Waals surface area contributed by atoms with Gasteiger partial charge in [-0.25, -0.2) is 4.79 Å². The standard InChI is InChI=1S/C24H28N4O/c29-24-25-17-20-16-21(10-11-22(20)26-24)27-12-14-28(15-13-27)23(19-8-4-5-9-19)18-6-2-1-3-7-18/h1-7,10-11,16,19,23H,8-9,12-15,17H2,(H2,25,26,29). The molecule has 2 aromatic rings. The van der Waals surface area contributed by atoms with E-state index in [0.717, 1.165) is 37.4 Å². The fourth-order valence-electron chi connectivity index (χ4n) is 4.97. The molecule has 0 bridgehead atoms. The summed E-state index contributed by atoms with van der Waals surface area (Å²) in [5, 5.41) is 5.74. The van der Waals surface area contributed by atoms with Crippen molar-refractivity contribution in [3.8, 4) is 0 Å². The maximum Gasteiger partial charge on any atom is 0.319 e. The summed E-state index contributed by atoms with van der Waals surface area (Å²) in [6.45, 7) is 4.80. The zero-order chi connectivity index (χ0) is 19.6. The Kier molecular flexibility index (Phi) is 4.98. The van der Waals surface area contributed by atoms with Gasteiger partial charge in [-0.1, -0.05) is 42.5 Å². The van der Waals surface area contributed by atoms with E-state index in [1.165, 1.54) is 24.1 Å². The Morgan fingerprint density at radius 1 is 0.931 bits per heavy atom. The number of carbonyl (C=O) groups is 1. The molecule has 0 spiro atoms. The van der Waals surface area contributed by atoms with E-state index in [2.05, 4.69) is 75.1 Å². The van der Waals surface area contributed by atoms with Crippen LogP contribution >= 0.6 is 0 Å². The van der Waals surface area contributed by atoms with Crippen LogP contribution < -0.4 is 15.5 Å². The lowest BCUT2D eigenvalue weighted by atomic mass is 9.89. The van der Waals surface area contributed by atoms with Crippen molar-refractivity contribution >= 4 is 17.4 Å². The lowest BCUT2D eigenvalue weighted by molar-refractivity contribution is 0.137. The fraction of sp³-hybridized carbons (Fsp3) is 0.375. The van der Waals surface area contributed by atoms with Crippen molar-refractivity contribution in [1.29, 1.82) is 0 Å². The lowest BCUT2D eigenvalue weighted by Gasteiger charge is -2.42. The molecule has 0 aromatic heterocycles. The number of anilines is 2. The second-order valence-electron chi connectivity index (χ2n) is 8.23. The molecule has 5 heteroatoms. The quantitative estimate of drug-likeness (QED) is 0.774. The molecule has 0 radical (unpaired) electrons. The highest BCUT2D eigenvalue weighted by atomic mass is 16.2. The van der Waals surface area contributed by atoms with Gasteiger partial charge >= 0.3 is 6.03 Å². The molecule has 2 aliphatic heterocycles. The van der Waals surface area contributed by atoms with Crippen molar-refractivity contribution in [3.63, 3.8) is 0 Å². The number of piperazine rings is 1. The van der Waals surface area contributed by atoms with Gasteiger partial charge in [0.1, 0.15) is 0 Å². The van der Waals surface area contributed by atoms with Crippen molar-refractivity contribution in [1.82, 2.24) is 10.2 Å². The normalized spacial score (nSPS) is 20.8. The van der Waals surface area contributed by atoms with E-state index in [4.69, 9.17) is 0 Å². The minimum Gasteiger partial charge on any atom is -0.369 e. The third-order valence-electron chi connectivity index (χ3n) is 6.48. The zero-order valence-electron chi connectivity index (χ0n) is 16.7. The van der Waals surface area contributed by atoms with E-state index in [0.29, 0.717) is 18.5 Å². The molecule has 29 heavy (non-hydrogen) atoms. The predicted octanol–water partition coefficient (Wildman–Crippen LogP) is 4.15. The number of amides is 2. The number of rotatable bonds is 4. The molecule has 1 atom stereocenters. The SMILES string of the molecule is O=C1NCc2cc(N3CCN(C(c4ccccc4)C4CC=CC4)CC3)ccc2N1. The van der Waals surface area contributed by atoms with Gasteiger partial charge in [0.25, 0.3) is 0 Å². The molecule has 2 aromatic carbocycles. The van der Waals surface area contributed by atoms with E-state index >= 15 is 0 Å². The molecule has 1 unspecified atom stereocenters. The lowest BCUT2D eigenvalue weighted by Crippen LogP contribution is -2.49. The highest BCUT2D eigenvalue weighted by Crippen LogP contribution is 2.37. The van der Waals surface area contributed by atoms with Crippen LogP contribution in [0.25, 0.3) is 0 Å². The van der Waals surface area contributed by atoms with Crippen LogP contribution in [-0.4, -0.2) is 37.1 Å². The van der Waals surface area contributed by atoms with E-state index in [9.17, 15) is 4.79 Å². The number of hydrogen-bond acceptors (Lipinski definition) is 3. The Hall–Kier alpha value is -2.79. The van der Waals surface area contributed by atoms with Gasteiger partial charge in [0.05, 0.1) is 0 Å². The van der Waals surface area contributed by atoms with Crippen molar-refractivity contribution in [2.75, 3.05) is 36.4 Å². The van der Waals surface area contributed by atoms with Crippen LogP contribution in [0.4, 0.5) is 16.2 Å². The molecule has 0 saturated carbocycles. The van der Waals surface area contributed by atoms with Crippen molar-refractivity contribution < 1.29 is 4.79 Å². The molecule has 1 aliphatic carbocycles. The van der Waals surface area contributed by atoms with Crippen LogP contribution in [0.5, 0.6) is 0 Å². The Morgan fingerprint density at radius 2 is 1.69 bits per heavy atom. The number of benzene rings is 2. The smallest absolute Gasteiger partial charge is 0.319 e. The molecule has 3 aliphatic rings. The zero-order valence-corrected chi connectivity index (χ0v) is 16.7. The average molecular weight is 389 g/mol. The largest absolute Gasteiger partial charge is 0.369 e. The molecule has 1 fully saturated rings. The molecule has 2 heterocycles. The van der Waals surface area contributed by atoms with Crippen LogP contribution in [-0.2, 0) is 6.54 Å². The topological polar surface area (TPSA) is 47.6 Å². The third kappa shape index (κ3) is 3.75. The first kappa shape index (κ1) is 18.3. The van der Waals surface area contributed by atoms with Crippen LogP contribution in [0.15, 0.2) is 60.7 Å². The number of carbonyl (C=O) groups excluding carboxylic acids is 1. The fourth-order valence-corrected chi connectivity index (χ4v) is 4.97. The molecule has 5 rings (SSSR count). The summed E-state index contributed by atoms with van der Waals surface area (Å²) in [4.78, 5) is 16.7. The summed E-state index contributed by atoms with van der Waals surface area (Å²) in [7, 11) is 0. The summed E-state index contributed by atoms with van der Waals surface area (Å²) >= 11 is 0. The number of nitrogens with zero attached hydrogens (tertiary/aromatic N) is 2. The molecule has 5 nitrogen and oxygen atoms in total. The predicted molar refractivity (Wildman–Crippen MR) is 117 cm³/mol. The molecular weight excluding hydrogens is 360 g/mol. The van der Waals surface area contributed by atoms with E-state index < -0.39 is 0 Å². The van der Waals surface area contributed by atoms with E-state index in [-0.39, 0.29) is 6.03 Å². The highest BCUT2D eigenvalue weighted by Gasteiger charge is 2.31. The molecule has 150 valence electrons. The van der Waals surface area contributed by atoms with Gasteiger partial charge in [-0.05, 0) is 48.1 Å². The maximum atomic E-state index is 11.5. The number of hydrogen-bond donors (Lipinski definition) is 2. The summed E-state index contributed by atoms with van der Waals surface area (Å²) in [5.41, 5.74) is 4.78. The minimum atomic E-state index is -0.118. The number of allylic oxidation sites excluding steroid dienone is 2. The highest BCUT2D eigenvalue weighted by molar-refractivity contribution is 5.92. The summed E-state index contributed by atoms with van der Waals surface area (Å²) < 4.78 is 0. The van der Waals surface area contributed by atoms with Gasteiger partial charge in [0.15, 0.2) is 0 Å². The minimum absolute atomic E-state index is 0.118. The Balaban J connectivity index is 1.29. The van der Waals surface area contributed by atoms with Gasteiger partial charge in [-0.2, -0.15) is 0 Å². The first-order valence-electron chi connectivity index (χ1n) is 10.6. The van der Waals surface area contributed by atoms with E-state index in [1.54, 1.807) is 0 Å². The Bertz CT molecular complexity index is 894. The van der Waals surface area contributed by atoms with Crippen LogP contribution in [0.1, 0.15) is 30.0 Å². The second-order valence-corrected chi connectivity index (χ2v) is 8.23. The van der Waals surface area contributed by atoms with Crippen molar-refractivity contribution in [2.24, 2.45) is 5.92 Å². The van der Waals surface area contributed by atoms with Crippen LogP contribution in [0.3, 0.4) is 0 Å². The number of urea groups is 1. The summed E-state index contributed by atoms with van der Waals surface area (Å²) in [5.74, 6) is 0.683. The Labute approximate surface area is 172 Å². The number of fused-ring (bicyclic) bond motifs is 1. The van der Waals surface area contributed by atoms with Crippen molar-refractivity contribution in [2.45, 2.75) is 25.4 Å². The monoisotopic (exact) mass is 388 g/mol.